The summed E-state index contributed by atoms with van der Waals surface area (Å²) < 4.78 is 1.94. The van der Waals surface area contributed by atoms with Crippen LogP contribution in [0.5, 0.6) is 0 Å². The lowest BCUT2D eigenvalue weighted by molar-refractivity contribution is 0.670. The molecular formula is C22H23ClN6O. The highest BCUT2D eigenvalue weighted by atomic mass is 35.5. The Morgan fingerprint density at radius 1 is 1.27 bits per heavy atom. The Hall–Kier alpha value is -2.90. The average molecular weight is 423 g/mol. The molecule has 4 aromatic rings. The number of halogens is 1. The fourth-order valence-corrected chi connectivity index (χ4v) is 4.22. The molecular weight excluding hydrogens is 400 g/mol. The number of aryl methyl sites for hydroxylation is 1. The molecule has 1 saturated heterocycles. The second-order valence-corrected chi connectivity index (χ2v) is 8.19. The summed E-state index contributed by atoms with van der Waals surface area (Å²) in [7, 11) is 0. The maximum absolute atomic E-state index is 12.5. The topological polar surface area (TPSA) is 112 Å². The van der Waals surface area contributed by atoms with Crippen LogP contribution >= 0.6 is 11.6 Å². The first-order valence-corrected chi connectivity index (χ1v) is 10.6. The van der Waals surface area contributed by atoms with Gasteiger partial charge >= 0.3 is 0 Å². The number of fused-ring (bicyclic) bond motifs is 2. The van der Waals surface area contributed by atoms with E-state index in [0.29, 0.717) is 28.3 Å². The van der Waals surface area contributed by atoms with Crippen molar-refractivity contribution in [1.82, 2.24) is 24.8 Å². The summed E-state index contributed by atoms with van der Waals surface area (Å²) in [5.74, 6) is 0.551. The smallest absolute Gasteiger partial charge is 0.260 e. The molecule has 1 aliphatic carbocycles. The number of nitrogens with one attached hydrogen (secondary N) is 2. The zero-order chi connectivity index (χ0) is 20.8. The van der Waals surface area contributed by atoms with Crippen LogP contribution < -0.4 is 16.6 Å². The Morgan fingerprint density at radius 3 is 2.77 bits per heavy atom. The van der Waals surface area contributed by atoms with Gasteiger partial charge in [0.2, 0.25) is 0 Å². The Bertz CT molecular complexity index is 1300. The van der Waals surface area contributed by atoms with Crippen LogP contribution in [0.15, 0.2) is 41.6 Å². The normalized spacial score (nSPS) is 17.7. The molecule has 6 rings (SSSR count). The molecule has 0 spiro atoms. The van der Waals surface area contributed by atoms with Crippen LogP contribution in [-0.2, 0) is 6.42 Å². The van der Waals surface area contributed by atoms with Crippen LogP contribution in [0.3, 0.4) is 0 Å². The molecule has 1 atom stereocenters. The average Bonchev–Trinajstić information content (AvgIpc) is 3.67. The van der Waals surface area contributed by atoms with Gasteiger partial charge in [-0.3, -0.25) is 4.79 Å². The van der Waals surface area contributed by atoms with Gasteiger partial charge in [-0.1, -0.05) is 30.7 Å². The Kier molecular flexibility index (Phi) is 4.72. The summed E-state index contributed by atoms with van der Waals surface area (Å²) in [4.78, 5) is 23.6. The predicted molar refractivity (Wildman–Crippen MR) is 120 cm³/mol. The highest BCUT2D eigenvalue weighted by Gasteiger charge is 2.28. The van der Waals surface area contributed by atoms with E-state index in [0.717, 1.165) is 47.9 Å². The summed E-state index contributed by atoms with van der Waals surface area (Å²) in [5.41, 5.74) is 8.95. The number of nitrogen functional groups attached to an aromatic ring is 1. The van der Waals surface area contributed by atoms with E-state index in [1.54, 1.807) is 6.07 Å². The number of pyridine rings is 1. The van der Waals surface area contributed by atoms with E-state index in [-0.39, 0.29) is 5.56 Å². The van der Waals surface area contributed by atoms with Gasteiger partial charge in [0, 0.05) is 36.1 Å². The van der Waals surface area contributed by atoms with E-state index in [1.807, 2.05) is 22.9 Å². The van der Waals surface area contributed by atoms with Crippen molar-refractivity contribution in [3.8, 4) is 0 Å². The number of nitrogens with two attached hydrogens (primary N) is 1. The number of H-pyrrole nitrogens is 1. The van der Waals surface area contributed by atoms with E-state index in [1.165, 1.54) is 11.9 Å². The summed E-state index contributed by atoms with van der Waals surface area (Å²) in [6.07, 6.45) is 6.53. The van der Waals surface area contributed by atoms with Crippen LogP contribution in [0.1, 0.15) is 43.1 Å². The second-order valence-electron chi connectivity index (χ2n) is 7.79. The first-order valence-electron chi connectivity index (χ1n) is 10.2. The number of rotatable bonds is 3. The van der Waals surface area contributed by atoms with Gasteiger partial charge in [-0.05, 0) is 36.8 Å². The second kappa shape index (κ2) is 7.41. The van der Waals surface area contributed by atoms with Gasteiger partial charge in [-0.2, -0.15) is 0 Å². The minimum absolute atomic E-state index is 0.0763. The van der Waals surface area contributed by atoms with Crippen molar-refractivity contribution < 1.29 is 0 Å². The largest absolute Gasteiger partial charge is 0.383 e. The third kappa shape index (κ3) is 3.34. The van der Waals surface area contributed by atoms with E-state index in [2.05, 4.69) is 33.3 Å². The fraction of sp³-hybridized carbons (Fsp3) is 0.318. The van der Waals surface area contributed by atoms with Crippen molar-refractivity contribution in [3.05, 3.63) is 63.4 Å². The predicted octanol–water partition coefficient (Wildman–Crippen LogP) is 3.74. The number of benzene rings is 1. The molecule has 154 valence electrons. The quantitative estimate of drug-likeness (QED) is 0.435. The third-order valence-corrected chi connectivity index (χ3v) is 6.01. The van der Waals surface area contributed by atoms with Crippen LogP contribution in [0.25, 0.3) is 21.8 Å². The van der Waals surface area contributed by atoms with Crippen molar-refractivity contribution in [2.75, 3.05) is 12.3 Å². The molecule has 1 aliphatic heterocycles. The van der Waals surface area contributed by atoms with Crippen LogP contribution in [0.4, 0.5) is 5.82 Å². The van der Waals surface area contributed by atoms with E-state index < -0.39 is 0 Å². The first-order chi connectivity index (χ1) is 14.6. The van der Waals surface area contributed by atoms with Gasteiger partial charge in [0.15, 0.2) is 0 Å². The number of nitrogens with zero attached hydrogens (tertiary/aromatic N) is 3. The molecule has 2 fully saturated rings. The molecule has 1 aromatic carbocycles. The van der Waals surface area contributed by atoms with Crippen molar-refractivity contribution in [3.63, 3.8) is 0 Å². The molecule has 4 heterocycles. The van der Waals surface area contributed by atoms with Crippen LogP contribution in [0, 0.1) is 0 Å². The summed E-state index contributed by atoms with van der Waals surface area (Å²) in [5, 5.41) is 6.36. The molecule has 2 aliphatic rings. The van der Waals surface area contributed by atoms with Gasteiger partial charge in [0.05, 0.1) is 15.8 Å². The molecule has 1 saturated carbocycles. The minimum Gasteiger partial charge on any atom is -0.383 e. The molecule has 8 heteroatoms. The van der Waals surface area contributed by atoms with E-state index in [9.17, 15) is 4.79 Å². The van der Waals surface area contributed by atoms with Crippen molar-refractivity contribution in [2.45, 2.75) is 38.3 Å². The Balaban J connectivity index is 0.000000133. The molecule has 7 nitrogen and oxygen atoms in total. The molecule has 30 heavy (non-hydrogen) atoms. The first kappa shape index (κ1) is 19.1. The van der Waals surface area contributed by atoms with Gasteiger partial charge in [0.25, 0.3) is 5.56 Å². The number of hydrogen-bond donors (Lipinski definition) is 3. The van der Waals surface area contributed by atoms with Crippen LogP contribution in [0.2, 0.25) is 5.02 Å². The fourth-order valence-electron chi connectivity index (χ4n) is 3.96. The van der Waals surface area contributed by atoms with E-state index >= 15 is 0 Å². The number of hydrogen-bond acceptors (Lipinski definition) is 5. The zero-order valence-corrected chi connectivity index (χ0v) is 17.4. The third-order valence-electron chi connectivity index (χ3n) is 5.70. The number of aromatic amines is 1. The Morgan fingerprint density at radius 2 is 2.07 bits per heavy atom. The SMILES string of the molecule is CCc1cc2cccc(Cl)c2c(=O)n1C1CC1.Nc1ncnc2[nH]cc(C3CN3)c12. The minimum atomic E-state index is 0.0763. The lowest BCUT2D eigenvalue weighted by Crippen LogP contribution is -2.22. The summed E-state index contributed by atoms with van der Waals surface area (Å²) in [6, 6.07) is 8.57. The number of anilines is 1. The zero-order valence-electron chi connectivity index (χ0n) is 16.7. The number of aromatic nitrogens is 4. The lowest BCUT2D eigenvalue weighted by atomic mass is 10.1. The molecule has 3 aromatic heterocycles. The van der Waals surface area contributed by atoms with Crippen molar-refractivity contribution >= 4 is 39.2 Å². The van der Waals surface area contributed by atoms with Gasteiger partial charge in [-0.25, -0.2) is 9.97 Å². The summed E-state index contributed by atoms with van der Waals surface area (Å²) in [6.45, 7) is 3.10. The van der Waals surface area contributed by atoms with E-state index in [4.69, 9.17) is 17.3 Å². The summed E-state index contributed by atoms with van der Waals surface area (Å²) >= 11 is 6.14. The highest BCUT2D eigenvalue weighted by molar-refractivity contribution is 6.35. The lowest BCUT2D eigenvalue weighted by Gasteiger charge is -2.12. The maximum atomic E-state index is 12.5. The Labute approximate surface area is 178 Å². The van der Waals surface area contributed by atoms with Gasteiger partial charge in [0.1, 0.15) is 17.8 Å². The van der Waals surface area contributed by atoms with Crippen molar-refractivity contribution in [1.29, 1.82) is 0 Å². The monoisotopic (exact) mass is 422 g/mol. The molecule has 4 N–H and O–H groups in total. The standard InChI is InChI=1S/C14H14ClNO.C8H9N5/c1-2-10-8-9-4-3-5-12(15)13(9)14(17)16(10)11-6-7-11;9-7-6-4(5-2-10-5)1-11-8(6)13-3-12-7/h3-5,8,11H,2,6-7H2,1H3;1,3,5,10H,2H2,(H3,9,11,12,13). The highest BCUT2D eigenvalue weighted by Crippen LogP contribution is 2.36. The van der Waals surface area contributed by atoms with Gasteiger partial charge in [-0.15, -0.1) is 0 Å². The molecule has 0 amide bonds. The molecule has 0 bridgehead atoms. The molecule has 1 unspecified atom stereocenters. The van der Waals surface area contributed by atoms with Gasteiger partial charge < -0.3 is 20.6 Å². The van der Waals surface area contributed by atoms with Crippen molar-refractivity contribution in [2.24, 2.45) is 0 Å². The maximum Gasteiger partial charge on any atom is 0.260 e. The molecule has 0 radical (unpaired) electrons. The van der Waals surface area contributed by atoms with Crippen LogP contribution in [-0.4, -0.2) is 26.1 Å².